The monoisotopic (exact) mass is 338 g/mol. The molecule has 1 heterocycles. The van der Waals surface area contributed by atoms with Crippen LogP contribution < -0.4 is 10.6 Å². The van der Waals surface area contributed by atoms with Gasteiger partial charge in [-0.2, -0.15) is 0 Å². The summed E-state index contributed by atoms with van der Waals surface area (Å²) >= 11 is 5.82. The molecular formula is C18H15ClN4O. The van der Waals surface area contributed by atoms with Gasteiger partial charge in [-0.3, -0.25) is 4.79 Å². The third-order valence-corrected chi connectivity index (χ3v) is 3.56. The Labute approximate surface area is 144 Å². The molecule has 0 unspecified atom stereocenters. The lowest BCUT2D eigenvalue weighted by Gasteiger charge is -2.07. The Bertz CT molecular complexity index is 805. The SMILES string of the molecule is O=C(Nc1ccc(Cl)cc1)c1cnc(NCc2ccccc2)nc1. The highest BCUT2D eigenvalue weighted by molar-refractivity contribution is 6.30. The minimum atomic E-state index is -0.271. The van der Waals surface area contributed by atoms with Gasteiger partial charge in [-0.25, -0.2) is 9.97 Å². The molecule has 0 aliphatic carbocycles. The van der Waals surface area contributed by atoms with Crippen LogP contribution in [0.15, 0.2) is 67.0 Å². The summed E-state index contributed by atoms with van der Waals surface area (Å²) < 4.78 is 0. The maximum atomic E-state index is 12.1. The van der Waals surface area contributed by atoms with E-state index in [0.29, 0.717) is 28.8 Å². The van der Waals surface area contributed by atoms with Gasteiger partial charge < -0.3 is 10.6 Å². The number of benzene rings is 2. The van der Waals surface area contributed by atoms with E-state index >= 15 is 0 Å². The van der Waals surface area contributed by atoms with Crippen LogP contribution in [0, 0.1) is 0 Å². The van der Waals surface area contributed by atoms with Crippen LogP contribution in [-0.4, -0.2) is 15.9 Å². The summed E-state index contributed by atoms with van der Waals surface area (Å²) in [6.07, 6.45) is 2.98. The standard InChI is InChI=1S/C18H15ClN4O/c19-15-6-8-16(9-7-15)23-17(24)14-11-21-18(22-12-14)20-10-13-4-2-1-3-5-13/h1-9,11-12H,10H2,(H,23,24)(H,20,21,22). The van der Waals surface area contributed by atoms with E-state index < -0.39 is 0 Å². The molecule has 3 aromatic rings. The van der Waals surface area contributed by atoms with Crippen molar-refractivity contribution in [3.05, 3.63) is 83.1 Å². The van der Waals surface area contributed by atoms with Gasteiger partial charge in [0.1, 0.15) is 0 Å². The van der Waals surface area contributed by atoms with Crippen molar-refractivity contribution >= 4 is 29.1 Å². The largest absolute Gasteiger partial charge is 0.350 e. The number of nitrogens with zero attached hydrogens (tertiary/aromatic N) is 2. The average molecular weight is 339 g/mol. The van der Waals surface area contributed by atoms with E-state index in [1.807, 2.05) is 30.3 Å². The van der Waals surface area contributed by atoms with Crippen LogP contribution in [-0.2, 0) is 6.54 Å². The van der Waals surface area contributed by atoms with E-state index in [-0.39, 0.29) is 5.91 Å². The fourth-order valence-electron chi connectivity index (χ4n) is 2.05. The summed E-state index contributed by atoms with van der Waals surface area (Å²) in [5.41, 5.74) is 2.18. The molecule has 6 heteroatoms. The van der Waals surface area contributed by atoms with E-state index in [1.54, 1.807) is 24.3 Å². The number of amides is 1. The minimum Gasteiger partial charge on any atom is -0.350 e. The van der Waals surface area contributed by atoms with Crippen LogP contribution in [0.1, 0.15) is 15.9 Å². The van der Waals surface area contributed by atoms with Crippen LogP contribution in [0.4, 0.5) is 11.6 Å². The van der Waals surface area contributed by atoms with Gasteiger partial charge in [0, 0.05) is 29.6 Å². The van der Waals surface area contributed by atoms with Crippen molar-refractivity contribution in [2.45, 2.75) is 6.54 Å². The number of anilines is 2. The van der Waals surface area contributed by atoms with E-state index in [4.69, 9.17) is 11.6 Å². The van der Waals surface area contributed by atoms with Gasteiger partial charge in [0.05, 0.1) is 5.56 Å². The highest BCUT2D eigenvalue weighted by Crippen LogP contribution is 2.14. The van der Waals surface area contributed by atoms with Crippen molar-refractivity contribution in [3.8, 4) is 0 Å². The number of aromatic nitrogens is 2. The summed E-state index contributed by atoms with van der Waals surface area (Å²) in [6, 6.07) is 16.8. The lowest BCUT2D eigenvalue weighted by molar-refractivity contribution is 0.102. The Morgan fingerprint density at radius 2 is 1.62 bits per heavy atom. The van der Waals surface area contributed by atoms with Crippen molar-refractivity contribution in [2.75, 3.05) is 10.6 Å². The number of carbonyl (C=O) groups excluding carboxylic acids is 1. The smallest absolute Gasteiger partial charge is 0.258 e. The molecule has 0 saturated heterocycles. The Hall–Kier alpha value is -2.92. The zero-order chi connectivity index (χ0) is 16.8. The third kappa shape index (κ3) is 4.30. The first kappa shape index (κ1) is 16.0. The van der Waals surface area contributed by atoms with Gasteiger partial charge in [-0.05, 0) is 29.8 Å². The Morgan fingerprint density at radius 1 is 0.958 bits per heavy atom. The van der Waals surface area contributed by atoms with Crippen molar-refractivity contribution in [1.82, 2.24) is 9.97 Å². The molecule has 1 aromatic heterocycles. The number of nitrogens with one attached hydrogen (secondary N) is 2. The molecule has 0 bridgehead atoms. The normalized spacial score (nSPS) is 10.2. The van der Waals surface area contributed by atoms with Crippen LogP contribution in [0.5, 0.6) is 0 Å². The number of rotatable bonds is 5. The molecular weight excluding hydrogens is 324 g/mol. The van der Waals surface area contributed by atoms with E-state index in [9.17, 15) is 4.79 Å². The highest BCUT2D eigenvalue weighted by Gasteiger charge is 2.07. The molecule has 0 aliphatic heterocycles. The average Bonchev–Trinajstić information content (AvgIpc) is 2.63. The second kappa shape index (κ2) is 7.57. The second-order valence-electron chi connectivity index (χ2n) is 5.10. The zero-order valence-electron chi connectivity index (χ0n) is 12.7. The maximum absolute atomic E-state index is 12.1. The van der Waals surface area contributed by atoms with Gasteiger partial charge >= 0.3 is 0 Å². The molecule has 0 atom stereocenters. The highest BCUT2D eigenvalue weighted by atomic mass is 35.5. The zero-order valence-corrected chi connectivity index (χ0v) is 13.5. The summed E-state index contributed by atoms with van der Waals surface area (Å²) in [6.45, 7) is 0.622. The lowest BCUT2D eigenvalue weighted by atomic mass is 10.2. The van der Waals surface area contributed by atoms with Crippen LogP contribution in [0.25, 0.3) is 0 Å². The molecule has 0 aliphatic rings. The van der Waals surface area contributed by atoms with Gasteiger partial charge in [0.15, 0.2) is 0 Å². The van der Waals surface area contributed by atoms with Gasteiger partial charge in [-0.1, -0.05) is 41.9 Å². The fraction of sp³-hybridized carbons (Fsp3) is 0.0556. The summed E-state index contributed by atoms with van der Waals surface area (Å²) in [5.74, 6) is 0.203. The quantitative estimate of drug-likeness (QED) is 0.738. The topological polar surface area (TPSA) is 66.9 Å². The number of hydrogen-bond donors (Lipinski definition) is 2. The molecule has 2 aromatic carbocycles. The summed E-state index contributed by atoms with van der Waals surface area (Å²) in [5, 5.41) is 6.50. The molecule has 2 N–H and O–H groups in total. The van der Waals surface area contributed by atoms with Crippen molar-refractivity contribution in [3.63, 3.8) is 0 Å². The van der Waals surface area contributed by atoms with Gasteiger partial charge in [0.25, 0.3) is 5.91 Å². The predicted octanol–water partition coefficient (Wildman–Crippen LogP) is 3.99. The molecule has 0 radical (unpaired) electrons. The van der Waals surface area contributed by atoms with Crippen LogP contribution >= 0.6 is 11.6 Å². The molecule has 5 nitrogen and oxygen atoms in total. The first-order valence-corrected chi connectivity index (χ1v) is 7.75. The van der Waals surface area contributed by atoms with Crippen molar-refractivity contribution in [2.24, 2.45) is 0 Å². The van der Waals surface area contributed by atoms with E-state index in [0.717, 1.165) is 5.56 Å². The molecule has 3 rings (SSSR count). The second-order valence-corrected chi connectivity index (χ2v) is 5.53. The number of carbonyl (C=O) groups is 1. The van der Waals surface area contributed by atoms with Crippen molar-refractivity contribution < 1.29 is 4.79 Å². The Morgan fingerprint density at radius 3 is 2.29 bits per heavy atom. The molecule has 0 saturated carbocycles. The first-order valence-electron chi connectivity index (χ1n) is 7.37. The summed E-state index contributed by atoms with van der Waals surface area (Å²) in [4.78, 5) is 20.5. The van der Waals surface area contributed by atoms with Crippen LogP contribution in [0.3, 0.4) is 0 Å². The molecule has 0 spiro atoms. The number of hydrogen-bond acceptors (Lipinski definition) is 4. The van der Waals surface area contributed by atoms with E-state index in [2.05, 4.69) is 20.6 Å². The molecule has 24 heavy (non-hydrogen) atoms. The summed E-state index contributed by atoms with van der Waals surface area (Å²) in [7, 11) is 0. The minimum absolute atomic E-state index is 0.271. The molecule has 120 valence electrons. The predicted molar refractivity (Wildman–Crippen MR) is 95.2 cm³/mol. The van der Waals surface area contributed by atoms with Gasteiger partial charge in [-0.15, -0.1) is 0 Å². The first-order chi connectivity index (χ1) is 11.7. The van der Waals surface area contributed by atoms with E-state index in [1.165, 1.54) is 12.4 Å². The third-order valence-electron chi connectivity index (χ3n) is 3.31. The molecule has 1 amide bonds. The Balaban J connectivity index is 1.59. The molecule has 0 fully saturated rings. The maximum Gasteiger partial charge on any atom is 0.258 e. The van der Waals surface area contributed by atoms with Gasteiger partial charge in [0.2, 0.25) is 5.95 Å². The van der Waals surface area contributed by atoms with Crippen molar-refractivity contribution in [1.29, 1.82) is 0 Å². The lowest BCUT2D eigenvalue weighted by Crippen LogP contribution is -2.13. The van der Waals surface area contributed by atoms with Crippen LogP contribution in [0.2, 0.25) is 5.02 Å². The number of halogens is 1. The Kier molecular flexibility index (Phi) is 5.03. The fourth-order valence-corrected chi connectivity index (χ4v) is 2.18.